The number of carboxylic acids is 2. The first-order valence-electron chi connectivity index (χ1n) is 25.9. The zero-order valence-corrected chi connectivity index (χ0v) is 41.8. The van der Waals surface area contributed by atoms with Gasteiger partial charge in [-0.3, -0.25) is 24.0 Å². The van der Waals surface area contributed by atoms with Crippen molar-refractivity contribution in [3.05, 3.63) is 24.3 Å². The zero-order chi connectivity index (χ0) is 48.2. The SMILES string of the molecule is CN(C)CCC(=O)OCC(C)(C)C(O)C(=O)NCCC(=O)OCC(CCCCCCCC/C=C\CCCCCCCC(=O)O)CCCCCCCCC/C=C\CCCCCCCC(=O)O. The van der Waals surface area contributed by atoms with E-state index in [9.17, 15) is 29.1 Å². The highest BCUT2D eigenvalue weighted by molar-refractivity contribution is 5.82. The lowest BCUT2D eigenvalue weighted by Crippen LogP contribution is -2.46. The molecular weight excluding hydrogens is 825 g/mol. The van der Waals surface area contributed by atoms with Crippen LogP contribution >= 0.6 is 0 Å². The summed E-state index contributed by atoms with van der Waals surface area (Å²) >= 11 is 0. The number of ether oxygens (including phenoxy) is 2. The van der Waals surface area contributed by atoms with Crippen LogP contribution in [0.3, 0.4) is 0 Å². The quantitative estimate of drug-likeness (QED) is 0.0259. The van der Waals surface area contributed by atoms with Crippen molar-refractivity contribution in [1.29, 1.82) is 0 Å². The first kappa shape index (κ1) is 61.8. The molecule has 0 bridgehead atoms. The minimum absolute atomic E-state index is 0.0177. The summed E-state index contributed by atoms with van der Waals surface area (Å²) in [4.78, 5) is 60.5. The molecule has 378 valence electrons. The van der Waals surface area contributed by atoms with Crippen LogP contribution in [0.5, 0.6) is 0 Å². The molecule has 0 radical (unpaired) electrons. The van der Waals surface area contributed by atoms with Crippen molar-refractivity contribution in [2.75, 3.05) is 40.4 Å². The molecule has 0 heterocycles. The van der Waals surface area contributed by atoms with E-state index in [0.29, 0.717) is 19.1 Å². The summed E-state index contributed by atoms with van der Waals surface area (Å²) in [6, 6.07) is 0. The number of carbonyl (C=O) groups is 5. The second-order valence-corrected chi connectivity index (χ2v) is 19.3. The minimum Gasteiger partial charge on any atom is -0.481 e. The van der Waals surface area contributed by atoms with Crippen LogP contribution in [0.1, 0.15) is 226 Å². The van der Waals surface area contributed by atoms with Gasteiger partial charge in [0.15, 0.2) is 0 Å². The van der Waals surface area contributed by atoms with Gasteiger partial charge in [-0.25, -0.2) is 0 Å². The molecule has 0 aliphatic carbocycles. The maximum Gasteiger partial charge on any atom is 0.307 e. The molecule has 0 saturated heterocycles. The van der Waals surface area contributed by atoms with Crippen LogP contribution in [0, 0.1) is 11.3 Å². The fourth-order valence-corrected chi connectivity index (χ4v) is 7.66. The number of carbonyl (C=O) groups excluding carboxylic acids is 3. The zero-order valence-electron chi connectivity index (χ0n) is 41.8. The predicted octanol–water partition coefficient (Wildman–Crippen LogP) is 11.9. The van der Waals surface area contributed by atoms with E-state index in [-0.39, 0.29) is 50.8 Å². The van der Waals surface area contributed by atoms with Crippen molar-refractivity contribution in [1.82, 2.24) is 10.2 Å². The third kappa shape index (κ3) is 43.1. The smallest absolute Gasteiger partial charge is 0.307 e. The van der Waals surface area contributed by atoms with Gasteiger partial charge in [0.05, 0.1) is 26.1 Å². The summed E-state index contributed by atoms with van der Waals surface area (Å²) in [6.07, 6.45) is 41.4. The number of hydrogen-bond acceptors (Lipinski definition) is 9. The second kappa shape index (κ2) is 43.3. The lowest BCUT2D eigenvalue weighted by atomic mass is 9.87. The largest absolute Gasteiger partial charge is 0.481 e. The van der Waals surface area contributed by atoms with Crippen molar-refractivity contribution in [2.45, 2.75) is 232 Å². The van der Waals surface area contributed by atoms with E-state index in [2.05, 4.69) is 29.6 Å². The van der Waals surface area contributed by atoms with Crippen molar-refractivity contribution >= 4 is 29.8 Å². The predicted molar refractivity (Wildman–Crippen MR) is 263 cm³/mol. The van der Waals surface area contributed by atoms with Gasteiger partial charge in [0.1, 0.15) is 6.10 Å². The summed E-state index contributed by atoms with van der Waals surface area (Å²) in [5.41, 5.74) is -0.996. The summed E-state index contributed by atoms with van der Waals surface area (Å²) in [5.74, 6) is -2.44. The van der Waals surface area contributed by atoms with Crippen LogP contribution in [0.4, 0.5) is 0 Å². The van der Waals surface area contributed by atoms with Crippen LogP contribution in [0.25, 0.3) is 0 Å². The molecule has 65 heavy (non-hydrogen) atoms. The van der Waals surface area contributed by atoms with Crippen molar-refractivity contribution in [2.24, 2.45) is 11.3 Å². The van der Waals surface area contributed by atoms with Crippen LogP contribution < -0.4 is 5.32 Å². The average Bonchev–Trinajstić information content (AvgIpc) is 3.26. The molecule has 2 atom stereocenters. The Labute approximate surface area is 395 Å². The fraction of sp³-hybridized carbons (Fsp3) is 0.830. The first-order valence-corrected chi connectivity index (χ1v) is 25.9. The molecule has 0 aliphatic rings. The van der Waals surface area contributed by atoms with Gasteiger partial charge in [-0.2, -0.15) is 0 Å². The number of carboxylic acid groups (broad SMARTS) is 2. The Kier molecular flexibility index (Phi) is 41.2. The number of esters is 2. The van der Waals surface area contributed by atoms with Crippen molar-refractivity contribution in [3.63, 3.8) is 0 Å². The maximum atomic E-state index is 12.7. The van der Waals surface area contributed by atoms with Gasteiger partial charge < -0.3 is 35.0 Å². The van der Waals surface area contributed by atoms with Crippen molar-refractivity contribution in [3.8, 4) is 0 Å². The van der Waals surface area contributed by atoms with Gasteiger partial charge in [-0.15, -0.1) is 0 Å². The van der Waals surface area contributed by atoms with E-state index < -0.39 is 29.4 Å². The molecule has 4 N–H and O–H groups in total. The molecule has 0 rings (SSSR count). The molecule has 1 amide bonds. The number of unbranched alkanes of at least 4 members (excludes halogenated alkanes) is 23. The van der Waals surface area contributed by atoms with E-state index in [0.717, 1.165) is 89.9 Å². The Morgan fingerprint density at radius 3 is 1.29 bits per heavy atom. The van der Waals surface area contributed by atoms with Gasteiger partial charge in [0, 0.05) is 31.3 Å². The van der Waals surface area contributed by atoms with Gasteiger partial charge >= 0.3 is 23.9 Å². The van der Waals surface area contributed by atoms with Crippen LogP contribution in [0.2, 0.25) is 0 Å². The minimum atomic E-state index is -1.41. The Hall–Kier alpha value is -3.25. The number of aliphatic hydroxyl groups is 1. The number of aliphatic carboxylic acids is 2. The molecule has 2 unspecified atom stereocenters. The monoisotopic (exact) mass is 921 g/mol. The van der Waals surface area contributed by atoms with Crippen molar-refractivity contribution < 1.29 is 48.8 Å². The Bertz CT molecular complexity index is 1270. The van der Waals surface area contributed by atoms with E-state index >= 15 is 0 Å². The van der Waals surface area contributed by atoms with E-state index in [1.54, 1.807) is 13.8 Å². The third-order valence-electron chi connectivity index (χ3n) is 12.0. The number of hydrogen-bond donors (Lipinski definition) is 4. The molecule has 0 fully saturated rings. The van der Waals surface area contributed by atoms with E-state index in [1.165, 1.54) is 96.3 Å². The van der Waals surface area contributed by atoms with Crippen LogP contribution in [0.15, 0.2) is 24.3 Å². The average molecular weight is 921 g/mol. The Morgan fingerprint density at radius 1 is 0.523 bits per heavy atom. The number of allylic oxidation sites excluding steroid dienone is 4. The van der Waals surface area contributed by atoms with E-state index in [4.69, 9.17) is 19.7 Å². The molecule has 0 aromatic carbocycles. The Balaban J connectivity index is 4.50. The highest BCUT2D eigenvalue weighted by Crippen LogP contribution is 2.23. The first-order chi connectivity index (χ1) is 31.2. The topological polar surface area (TPSA) is 180 Å². The molecule has 12 nitrogen and oxygen atoms in total. The maximum absolute atomic E-state index is 12.7. The molecule has 0 aliphatic heterocycles. The van der Waals surface area contributed by atoms with E-state index in [1.807, 2.05) is 19.0 Å². The number of aliphatic hydroxyl groups excluding tert-OH is 1. The number of amides is 1. The molecule has 12 heteroatoms. The van der Waals surface area contributed by atoms with Crippen LogP contribution in [-0.2, 0) is 33.4 Å². The lowest BCUT2D eigenvalue weighted by Gasteiger charge is -2.29. The molecular formula is C53H96N2O10. The molecule has 0 saturated carbocycles. The lowest BCUT2D eigenvalue weighted by molar-refractivity contribution is -0.153. The van der Waals surface area contributed by atoms with Gasteiger partial charge in [0.25, 0.3) is 0 Å². The normalized spacial score (nSPS) is 12.8. The number of nitrogens with one attached hydrogen (secondary N) is 1. The summed E-state index contributed by atoms with van der Waals surface area (Å²) in [6.45, 7) is 4.22. The summed E-state index contributed by atoms with van der Waals surface area (Å²) in [5, 5.41) is 30.7. The highest BCUT2D eigenvalue weighted by atomic mass is 16.5. The van der Waals surface area contributed by atoms with Crippen LogP contribution in [-0.4, -0.2) is 96.5 Å². The van der Waals surface area contributed by atoms with Gasteiger partial charge in [0.2, 0.25) is 5.91 Å². The molecule has 0 spiro atoms. The second-order valence-electron chi connectivity index (χ2n) is 19.3. The summed E-state index contributed by atoms with van der Waals surface area (Å²) in [7, 11) is 3.73. The Morgan fingerprint density at radius 2 is 0.892 bits per heavy atom. The number of rotatable bonds is 47. The fourth-order valence-electron chi connectivity index (χ4n) is 7.66. The number of nitrogens with zero attached hydrogens (tertiary/aromatic N) is 1. The highest BCUT2D eigenvalue weighted by Gasteiger charge is 2.35. The molecule has 0 aromatic rings. The standard InChI is InChI=1S/C53H96N2O10/c1-53(2,45-65-50(61)41-43-55(3)4)51(62)52(63)54-42-40-49(60)64-44-46(37-33-29-25-21-17-13-9-7-11-15-19-23-27-31-35-39-48(58)59)36-32-28-24-20-16-12-8-5-6-10-14-18-22-26-30-34-38-47(56)57/h6-7,10-11,46,51,62H,5,8-9,12-45H2,1-4H3,(H,54,63)(H,56,57)(H,58,59)/b10-6-,11-7-. The third-order valence-corrected chi connectivity index (χ3v) is 12.0. The van der Waals surface area contributed by atoms with Gasteiger partial charge in [-0.05, 0) is 97.1 Å². The summed E-state index contributed by atoms with van der Waals surface area (Å²) < 4.78 is 11.0. The van der Waals surface area contributed by atoms with Gasteiger partial charge in [-0.1, -0.05) is 147 Å². The molecule has 0 aromatic heterocycles.